The summed E-state index contributed by atoms with van der Waals surface area (Å²) in [5.74, 6) is 0. The average molecular weight is 259 g/mol. The van der Waals surface area contributed by atoms with Crippen molar-refractivity contribution < 1.29 is 9.47 Å². The second-order valence-corrected chi connectivity index (χ2v) is 6.80. The van der Waals surface area contributed by atoms with Gasteiger partial charge in [-0.15, -0.1) is 0 Å². The maximum atomic E-state index is 5.91. The van der Waals surface area contributed by atoms with Crippen LogP contribution in [-0.2, 0) is 21.5 Å². The average Bonchev–Trinajstić information content (AvgIpc) is 2.25. The fraction of sp³-hybridized carbons (Fsp3) is 0.625. The fourth-order valence-electron chi connectivity index (χ4n) is 3.55. The predicted octanol–water partition coefficient (Wildman–Crippen LogP) is 2.33. The lowest BCUT2D eigenvalue weighted by Crippen LogP contribution is -2.66. The Balaban J connectivity index is 1.61. The van der Waals surface area contributed by atoms with Gasteiger partial charge < -0.3 is 14.4 Å². The minimum Gasteiger partial charge on any atom is -0.380 e. The second-order valence-electron chi connectivity index (χ2n) is 6.80. The molecule has 1 aromatic rings. The molecule has 0 aliphatic carbocycles. The maximum absolute atomic E-state index is 5.91. The largest absolute Gasteiger partial charge is 0.380 e. The van der Waals surface area contributed by atoms with E-state index in [0.29, 0.717) is 5.41 Å². The molecular weight excluding hydrogens is 238 g/mol. The maximum Gasteiger partial charge on any atom is 0.0878 e. The number of hydrogen-bond donors (Lipinski definition) is 0. The minimum atomic E-state index is -0.147. The Kier molecular flexibility index (Phi) is 2.31. The first-order chi connectivity index (χ1) is 9.08. The Bertz CT molecular complexity index is 511. The molecule has 19 heavy (non-hydrogen) atoms. The van der Waals surface area contributed by atoms with Crippen molar-refractivity contribution in [3.63, 3.8) is 0 Å². The van der Waals surface area contributed by atoms with E-state index in [9.17, 15) is 0 Å². The van der Waals surface area contributed by atoms with Gasteiger partial charge in [0.25, 0.3) is 0 Å². The highest BCUT2D eigenvalue weighted by Gasteiger charge is 2.49. The number of nitrogens with zero attached hydrogens (tertiary/aromatic N) is 1. The third kappa shape index (κ3) is 1.72. The highest BCUT2D eigenvalue weighted by atomic mass is 16.5. The highest BCUT2D eigenvalue weighted by Crippen LogP contribution is 2.42. The molecule has 102 valence electrons. The molecule has 0 bridgehead atoms. The lowest BCUT2D eigenvalue weighted by Gasteiger charge is -2.56. The molecule has 2 saturated heterocycles. The van der Waals surface area contributed by atoms with Crippen LogP contribution in [0.2, 0.25) is 0 Å². The number of benzene rings is 1. The van der Waals surface area contributed by atoms with E-state index in [1.165, 1.54) is 16.8 Å². The summed E-state index contributed by atoms with van der Waals surface area (Å²) in [7, 11) is 0. The van der Waals surface area contributed by atoms with Crippen LogP contribution in [0.4, 0.5) is 5.69 Å². The lowest BCUT2D eigenvalue weighted by molar-refractivity contribution is -0.127. The number of fused-ring (bicyclic) bond motifs is 1. The van der Waals surface area contributed by atoms with Gasteiger partial charge in [0.05, 0.1) is 30.8 Å². The fourth-order valence-corrected chi connectivity index (χ4v) is 3.55. The van der Waals surface area contributed by atoms with Crippen molar-refractivity contribution in [3.8, 4) is 0 Å². The van der Waals surface area contributed by atoms with Crippen LogP contribution in [0.1, 0.15) is 25.0 Å². The van der Waals surface area contributed by atoms with E-state index >= 15 is 0 Å². The summed E-state index contributed by atoms with van der Waals surface area (Å²) in [4.78, 5) is 2.47. The summed E-state index contributed by atoms with van der Waals surface area (Å²) in [6, 6.07) is 6.89. The van der Waals surface area contributed by atoms with E-state index in [1.54, 1.807) is 0 Å². The highest BCUT2D eigenvalue weighted by molar-refractivity contribution is 5.55. The van der Waals surface area contributed by atoms with E-state index in [4.69, 9.17) is 9.47 Å². The molecule has 3 aliphatic heterocycles. The zero-order valence-corrected chi connectivity index (χ0v) is 11.7. The van der Waals surface area contributed by atoms with Crippen molar-refractivity contribution in [1.82, 2.24) is 0 Å². The van der Waals surface area contributed by atoms with E-state index < -0.39 is 0 Å². The Morgan fingerprint density at radius 3 is 2.63 bits per heavy atom. The zero-order chi connectivity index (χ0) is 13.1. The molecule has 1 spiro atoms. The standard InChI is InChI=1S/C16H21NO2/c1-15(2)14-7-13(4-3-12(14)5-6-19-15)17-8-16(9-17)10-18-11-16/h3-4,7H,5-6,8-11H2,1-2H3. The van der Waals surface area contributed by atoms with Gasteiger partial charge in [0.15, 0.2) is 0 Å². The van der Waals surface area contributed by atoms with E-state index in [2.05, 4.69) is 36.9 Å². The monoisotopic (exact) mass is 259 g/mol. The topological polar surface area (TPSA) is 21.7 Å². The van der Waals surface area contributed by atoms with Crippen LogP contribution in [0.15, 0.2) is 18.2 Å². The normalized spacial score (nSPS) is 26.5. The van der Waals surface area contributed by atoms with Gasteiger partial charge in [0, 0.05) is 18.8 Å². The first kappa shape index (κ1) is 11.7. The Morgan fingerprint density at radius 2 is 1.95 bits per heavy atom. The van der Waals surface area contributed by atoms with Crippen LogP contribution in [0, 0.1) is 5.41 Å². The molecule has 3 aliphatic rings. The second kappa shape index (κ2) is 3.74. The van der Waals surface area contributed by atoms with E-state index in [1.807, 2.05) is 0 Å². The summed E-state index contributed by atoms with van der Waals surface area (Å²) >= 11 is 0. The van der Waals surface area contributed by atoms with Crippen LogP contribution in [0.3, 0.4) is 0 Å². The molecular formula is C16H21NO2. The molecule has 0 radical (unpaired) electrons. The molecule has 0 atom stereocenters. The molecule has 3 heteroatoms. The van der Waals surface area contributed by atoms with Crippen molar-refractivity contribution in [2.75, 3.05) is 37.8 Å². The van der Waals surface area contributed by atoms with Crippen LogP contribution < -0.4 is 4.90 Å². The van der Waals surface area contributed by atoms with E-state index in [-0.39, 0.29) is 5.60 Å². The molecule has 0 saturated carbocycles. The Hall–Kier alpha value is -1.06. The molecule has 3 heterocycles. The Morgan fingerprint density at radius 1 is 1.16 bits per heavy atom. The molecule has 3 nitrogen and oxygen atoms in total. The van der Waals surface area contributed by atoms with Crippen LogP contribution in [0.25, 0.3) is 0 Å². The molecule has 0 aromatic heterocycles. The molecule has 0 amide bonds. The predicted molar refractivity (Wildman–Crippen MR) is 74.6 cm³/mol. The summed E-state index contributed by atoms with van der Waals surface area (Å²) in [6.45, 7) is 9.37. The van der Waals surface area contributed by atoms with Gasteiger partial charge in [-0.2, -0.15) is 0 Å². The van der Waals surface area contributed by atoms with Crippen LogP contribution >= 0.6 is 0 Å². The summed E-state index contributed by atoms with van der Waals surface area (Å²) < 4.78 is 11.3. The number of ether oxygens (including phenoxy) is 2. The molecule has 0 N–H and O–H groups in total. The summed E-state index contributed by atoms with van der Waals surface area (Å²) in [6.07, 6.45) is 1.04. The third-order valence-corrected chi connectivity index (χ3v) is 4.81. The molecule has 4 rings (SSSR count). The van der Waals surface area contributed by atoms with Gasteiger partial charge in [0.1, 0.15) is 0 Å². The smallest absolute Gasteiger partial charge is 0.0878 e. The van der Waals surface area contributed by atoms with Gasteiger partial charge in [-0.1, -0.05) is 6.07 Å². The van der Waals surface area contributed by atoms with Crippen molar-refractivity contribution in [2.45, 2.75) is 25.9 Å². The van der Waals surface area contributed by atoms with Gasteiger partial charge in [-0.3, -0.25) is 0 Å². The minimum absolute atomic E-state index is 0.147. The van der Waals surface area contributed by atoms with Crippen molar-refractivity contribution in [2.24, 2.45) is 5.41 Å². The van der Waals surface area contributed by atoms with Crippen LogP contribution in [0.5, 0.6) is 0 Å². The van der Waals surface area contributed by atoms with Crippen molar-refractivity contribution in [1.29, 1.82) is 0 Å². The van der Waals surface area contributed by atoms with Crippen LogP contribution in [-0.4, -0.2) is 32.9 Å². The first-order valence-electron chi connectivity index (χ1n) is 7.18. The lowest BCUT2D eigenvalue weighted by atomic mass is 9.77. The summed E-state index contributed by atoms with van der Waals surface area (Å²) in [5.41, 5.74) is 4.48. The van der Waals surface area contributed by atoms with Gasteiger partial charge in [0.2, 0.25) is 0 Å². The molecule has 0 unspecified atom stereocenters. The first-order valence-corrected chi connectivity index (χ1v) is 7.18. The summed E-state index contributed by atoms with van der Waals surface area (Å²) in [5, 5.41) is 0. The van der Waals surface area contributed by atoms with Crippen molar-refractivity contribution >= 4 is 5.69 Å². The molecule has 2 fully saturated rings. The Labute approximate surface area is 114 Å². The van der Waals surface area contributed by atoms with Gasteiger partial charge in [-0.05, 0) is 43.5 Å². The SMILES string of the molecule is CC1(C)OCCc2ccc(N3CC4(COC4)C3)cc21. The number of hydrogen-bond acceptors (Lipinski definition) is 3. The van der Waals surface area contributed by atoms with Gasteiger partial charge in [-0.25, -0.2) is 0 Å². The zero-order valence-electron chi connectivity index (χ0n) is 11.7. The van der Waals surface area contributed by atoms with E-state index in [0.717, 1.165) is 39.3 Å². The van der Waals surface area contributed by atoms with Gasteiger partial charge >= 0.3 is 0 Å². The number of rotatable bonds is 1. The quantitative estimate of drug-likeness (QED) is 0.772. The van der Waals surface area contributed by atoms with Crippen molar-refractivity contribution in [3.05, 3.63) is 29.3 Å². The molecule has 1 aromatic carbocycles. The number of anilines is 1. The third-order valence-electron chi connectivity index (χ3n) is 4.81.